The number of aryl methyl sites for hydroxylation is 1. The molecule has 0 spiro atoms. The highest BCUT2D eigenvalue weighted by Gasteiger charge is 2.31. The lowest BCUT2D eigenvalue weighted by Gasteiger charge is -2.24. The fourth-order valence-electron chi connectivity index (χ4n) is 3.88. The molecule has 32 heavy (non-hydrogen) atoms. The van der Waals surface area contributed by atoms with Crippen molar-refractivity contribution in [2.24, 2.45) is 5.10 Å². The lowest BCUT2D eigenvalue weighted by atomic mass is 10.0. The number of hydrogen-bond donors (Lipinski definition) is 0. The number of rotatable bonds is 5. The smallest absolute Gasteiger partial charge is 0.150 e. The first-order chi connectivity index (χ1) is 15.7. The number of benzene rings is 3. The van der Waals surface area contributed by atoms with Gasteiger partial charge in [-0.25, -0.2) is 0 Å². The molecule has 0 bridgehead atoms. The van der Waals surface area contributed by atoms with Crippen molar-refractivity contribution in [2.75, 3.05) is 5.01 Å². The van der Waals surface area contributed by atoms with E-state index in [1.54, 1.807) is 0 Å². The molecule has 0 amide bonds. The van der Waals surface area contributed by atoms with Crippen molar-refractivity contribution in [3.8, 4) is 0 Å². The Morgan fingerprint density at radius 1 is 0.875 bits per heavy atom. The van der Waals surface area contributed by atoms with Crippen LogP contribution in [-0.4, -0.2) is 5.71 Å². The Bertz CT molecular complexity index is 1260. The van der Waals surface area contributed by atoms with Crippen LogP contribution in [0.15, 0.2) is 101 Å². The van der Waals surface area contributed by atoms with E-state index in [2.05, 4.69) is 66.5 Å². The van der Waals surface area contributed by atoms with Gasteiger partial charge in [-0.05, 0) is 60.5 Å². The molecule has 1 atom stereocenters. The van der Waals surface area contributed by atoms with Gasteiger partial charge < -0.3 is 4.42 Å². The Kier molecular flexibility index (Phi) is 5.66. The summed E-state index contributed by atoms with van der Waals surface area (Å²) >= 11 is 6.12. The van der Waals surface area contributed by atoms with E-state index in [0.29, 0.717) is 0 Å². The molecular weight excluding hydrogens is 416 g/mol. The standard InChI is InChI=1S/C28H23ClN2O/c1-20-7-9-21(10-8-20)11-16-25-17-18-28(32-25)26-19-27(22-12-14-23(29)15-13-22)31(30-26)24-5-3-2-4-6-24/h2-18,27H,19H2,1H3/b16-11+. The molecule has 2 heterocycles. The van der Waals surface area contributed by atoms with Crippen LogP contribution < -0.4 is 5.01 Å². The first-order valence-corrected chi connectivity index (χ1v) is 11.1. The van der Waals surface area contributed by atoms with Gasteiger partial charge in [0.05, 0.1) is 11.7 Å². The van der Waals surface area contributed by atoms with Gasteiger partial charge in [0, 0.05) is 11.4 Å². The van der Waals surface area contributed by atoms with E-state index < -0.39 is 0 Å². The third-order valence-electron chi connectivity index (χ3n) is 5.61. The van der Waals surface area contributed by atoms with Crippen LogP contribution in [-0.2, 0) is 0 Å². The number of furan rings is 1. The summed E-state index contributed by atoms with van der Waals surface area (Å²) < 4.78 is 6.14. The van der Waals surface area contributed by atoms with Crippen LogP contribution in [0.1, 0.15) is 40.7 Å². The molecule has 0 radical (unpaired) electrons. The number of hydrazone groups is 1. The molecule has 1 aliphatic rings. The topological polar surface area (TPSA) is 28.7 Å². The van der Waals surface area contributed by atoms with Crippen molar-refractivity contribution in [1.29, 1.82) is 0 Å². The zero-order valence-corrected chi connectivity index (χ0v) is 18.5. The predicted octanol–water partition coefficient (Wildman–Crippen LogP) is 7.77. The summed E-state index contributed by atoms with van der Waals surface area (Å²) in [5.74, 6) is 1.61. The largest absolute Gasteiger partial charge is 0.455 e. The van der Waals surface area contributed by atoms with E-state index in [1.807, 2.05) is 48.5 Å². The maximum absolute atomic E-state index is 6.14. The molecular formula is C28H23ClN2O. The predicted molar refractivity (Wildman–Crippen MR) is 133 cm³/mol. The molecule has 3 nitrogen and oxygen atoms in total. The first-order valence-electron chi connectivity index (χ1n) is 10.7. The van der Waals surface area contributed by atoms with Gasteiger partial charge in [0.25, 0.3) is 0 Å². The molecule has 0 aliphatic carbocycles. The molecule has 158 valence electrons. The van der Waals surface area contributed by atoms with Crippen LogP contribution in [0.2, 0.25) is 5.02 Å². The molecule has 4 heteroatoms. The van der Waals surface area contributed by atoms with E-state index in [1.165, 1.54) is 11.1 Å². The van der Waals surface area contributed by atoms with E-state index >= 15 is 0 Å². The van der Waals surface area contributed by atoms with Gasteiger partial charge in [0.2, 0.25) is 0 Å². The van der Waals surface area contributed by atoms with Crippen molar-refractivity contribution in [3.05, 3.63) is 124 Å². The second-order valence-electron chi connectivity index (χ2n) is 7.94. The average molecular weight is 439 g/mol. The Balaban J connectivity index is 1.42. The molecule has 0 saturated heterocycles. The lowest BCUT2D eigenvalue weighted by Crippen LogP contribution is -2.18. The molecule has 3 aromatic carbocycles. The maximum Gasteiger partial charge on any atom is 0.150 e. The summed E-state index contributed by atoms with van der Waals surface area (Å²) in [6.45, 7) is 2.09. The summed E-state index contributed by atoms with van der Waals surface area (Å²) in [5, 5.41) is 7.75. The fourth-order valence-corrected chi connectivity index (χ4v) is 4.00. The number of hydrogen-bond acceptors (Lipinski definition) is 3. The first kappa shape index (κ1) is 20.3. The second kappa shape index (κ2) is 8.89. The maximum atomic E-state index is 6.14. The lowest BCUT2D eigenvalue weighted by molar-refractivity contribution is 0.546. The molecule has 0 saturated carbocycles. The average Bonchev–Trinajstić information content (AvgIpc) is 3.47. The van der Waals surface area contributed by atoms with Gasteiger partial charge in [0.15, 0.2) is 5.76 Å². The number of nitrogens with zero attached hydrogens (tertiary/aromatic N) is 2. The van der Waals surface area contributed by atoms with Crippen molar-refractivity contribution in [3.63, 3.8) is 0 Å². The van der Waals surface area contributed by atoms with Gasteiger partial charge in [-0.2, -0.15) is 5.10 Å². The molecule has 1 aliphatic heterocycles. The highest BCUT2D eigenvalue weighted by molar-refractivity contribution is 6.30. The molecule has 1 aromatic heterocycles. The normalized spacial score (nSPS) is 16.0. The fraction of sp³-hybridized carbons (Fsp3) is 0.107. The van der Waals surface area contributed by atoms with Gasteiger partial charge in [-0.1, -0.05) is 77.8 Å². The van der Waals surface area contributed by atoms with Gasteiger partial charge in [-0.15, -0.1) is 0 Å². The Morgan fingerprint density at radius 2 is 1.62 bits per heavy atom. The second-order valence-corrected chi connectivity index (χ2v) is 8.38. The highest BCUT2D eigenvalue weighted by atomic mass is 35.5. The van der Waals surface area contributed by atoms with Crippen LogP contribution in [0.3, 0.4) is 0 Å². The summed E-state index contributed by atoms with van der Waals surface area (Å²) in [4.78, 5) is 0. The Labute approximate surface area is 193 Å². The van der Waals surface area contributed by atoms with Crippen LogP contribution in [0.25, 0.3) is 12.2 Å². The van der Waals surface area contributed by atoms with Crippen molar-refractivity contribution in [2.45, 2.75) is 19.4 Å². The molecule has 0 fully saturated rings. The molecule has 4 aromatic rings. The van der Waals surface area contributed by atoms with Crippen LogP contribution in [0, 0.1) is 6.92 Å². The summed E-state index contributed by atoms with van der Waals surface area (Å²) in [6.07, 6.45) is 4.81. The minimum atomic E-state index is 0.0846. The van der Waals surface area contributed by atoms with Crippen LogP contribution in [0.4, 0.5) is 5.69 Å². The van der Waals surface area contributed by atoms with Crippen LogP contribution >= 0.6 is 11.6 Å². The van der Waals surface area contributed by atoms with E-state index in [0.717, 1.165) is 39.9 Å². The molecule has 5 rings (SSSR count). The van der Waals surface area contributed by atoms with Gasteiger partial charge in [-0.3, -0.25) is 5.01 Å². The zero-order valence-electron chi connectivity index (χ0n) is 17.8. The van der Waals surface area contributed by atoms with Gasteiger partial charge in [0.1, 0.15) is 11.5 Å². The Morgan fingerprint density at radius 3 is 2.38 bits per heavy atom. The third-order valence-corrected chi connectivity index (χ3v) is 5.87. The monoisotopic (exact) mass is 438 g/mol. The number of halogens is 1. The third kappa shape index (κ3) is 4.39. The Hall–Kier alpha value is -3.56. The summed E-state index contributed by atoms with van der Waals surface area (Å²) in [5.41, 5.74) is 5.55. The van der Waals surface area contributed by atoms with E-state index in [-0.39, 0.29) is 6.04 Å². The minimum absolute atomic E-state index is 0.0846. The minimum Gasteiger partial charge on any atom is -0.455 e. The molecule has 1 unspecified atom stereocenters. The van der Waals surface area contributed by atoms with Crippen molar-refractivity contribution in [1.82, 2.24) is 0 Å². The number of anilines is 1. The van der Waals surface area contributed by atoms with Crippen LogP contribution in [0.5, 0.6) is 0 Å². The molecule has 0 N–H and O–H groups in total. The summed E-state index contributed by atoms with van der Waals surface area (Å²) in [7, 11) is 0. The highest BCUT2D eigenvalue weighted by Crippen LogP contribution is 2.37. The summed E-state index contributed by atoms with van der Waals surface area (Å²) in [6, 6.07) is 30.7. The van der Waals surface area contributed by atoms with Crippen molar-refractivity contribution < 1.29 is 4.42 Å². The van der Waals surface area contributed by atoms with E-state index in [9.17, 15) is 0 Å². The number of para-hydroxylation sites is 1. The van der Waals surface area contributed by atoms with Gasteiger partial charge >= 0.3 is 0 Å². The van der Waals surface area contributed by atoms with E-state index in [4.69, 9.17) is 21.1 Å². The quantitative estimate of drug-likeness (QED) is 0.318. The SMILES string of the molecule is Cc1ccc(/C=C/c2ccc(C3=NN(c4ccccc4)C(c4ccc(Cl)cc4)C3)o2)cc1. The zero-order chi connectivity index (χ0) is 21.9. The van der Waals surface area contributed by atoms with Crippen molar-refractivity contribution >= 4 is 35.2 Å².